The van der Waals surface area contributed by atoms with E-state index in [1.165, 1.54) is 11.3 Å². The molecule has 6 nitrogen and oxygen atoms in total. The second kappa shape index (κ2) is 7.87. The van der Waals surface area contributed by atoms with Crippen LogP contribution < -0.4 is 15.0 Å². The highest BCUT2D eigenvalue weighted by Crippen LogP contribution is 2.34. The Bertz CT molecular complexity index is 1170. The van der Waals surface area contributed by atoms with Crippen LogP contribution >= 0.6 is 11.3 Å². The average Bonchev–Trinajstić information content (AvgIpc) is 2.94. The molecule has 3 aromatic rings. The number of methoxy groups -OCH3 is 1. The van der Waals surface area contributed by atoms with Gasteiger partial charge in [0.25, 0.3) is 5.56 Å². The van der Waals surface area contributed by atoms with Crippen molar-refractivity contribution < 1.29 is 9.47 Å². The second-order valence-electron chi connectivity index (χ2n) is 6.59. The second-order valence-corrected chi connectivity index (χ2v) is 7.80. The third kappa shape index (κ3) is 3.64. The lowest BCUT2D eigenvalue weighted by atomic mass is 10.1. The van der Waals surface area contributed by atoms with Crippen molar-refractivity contribution in [3.63, 3.8) is 0 Å². The maximum atomic E-state index is 12.5. The van der Waals surface area contributed by atoms with E-state index in [9.17, 15) is 10.1 Å². The number of rotatable bonds is 5. The molecular weight excluding hydrogens is 374 g/mol. The van der Waals surface area contributed by atoms with E-state index < -0.39 is 0 Å². The molecule has 0 aliphatic heterocycles. The fourth-order valence-corrected chi connectivity index (χ4v) is 3.89. The van der Waals surface area contributed by atoms with E-state index >= 15 is 0 Å². The van der Waals surface area contributed by atoms with Crippen LogP contribution in [0.5, 0.6) is 11.5 Å². The third-order valence-corrected chi connectivity index (χ3v) is 5.40. The predicted molar refractivity (Wildman–Crippen MR) is 112 cm³/mol. The number of thiophene rings is 1. The van der Waals surface area contributed by atoms with Gasteiger partial charge in [-0.15, -0.1) is 11.3 Å². The number of allylic oxidation sites excluding steroid dienone is 1. The van der Waals surface area contributed by atoms with Gasteiger partial charge >= 0.3 is 0 Å². The van der Waals surface area contributed by atoms with E-state index in [-0.39, 0.29) is 23.1 Å². The summed E-state index contributed by atoms with van der Waals surface area (Å²) in [7, 11) is 1.57. The highest BCUT2D eigenvalue weighted by molar-refractivity contribution is 7.18. The van der Waals surface area contributed by atoms with Crippen molar-refractivity contribution in [3.05, 3.63) is 50.4 Å². The van der Waals surface area contributed by atoms with Gasteiger partial charge in [-0.05, 0) is 45.4 Å². The number of H-pyrrole nitrogens is 1. The number of ether oxygens (including phenoxy) is 2. The van der Waals surface area contributed by atoms with Crippen molar-refractivity contribution in [2.24, 2.45) is 0 Å². The van der Waals surface area contributed by atoms with Crippen molar-refractivity contribution in [1.82, 2.24) is 9.97 Å². The Kier molecular flexibility index (Phi) is 5.52. The van der Waals surface area contributed by atoms with Crippen LogP contribution in [0, 0.1) is 25.2 Å². The number of fused-ring (bicyclic) bond motifs is 1. The fraction of sp³-hybridized carbons (Fsp3) is 0.286. The molecule has 0 atom stereocenters. The van der Waals surface area contributed by atoms with Gasteiger partial charge in [0, 0.05) is 10.4 Å². The Morgan fingerprint density at radius 2 is 2.11 bits per heavy atom. The van der Waals surface area contributed by atoms with Gasteiger partial charge in [0.1, 0.15) is 10.9 Å². The Labute approximate surface area is 167 Å². The highest BCUT2D eigenvalue weighted by atomic mass is 32.1. The number of nitriles is 1. The zero-order chi connectivity index (χ0) is 20.4. The van der Waals surface area contributed by atoms with Gasteiger partial charge in [0.2, 0.25) is 0 Å². The van der Waals surface area contributed by atoms with Crippen LogP contribution in [0.4, 0.5) is 0 Å². The summed E-state index contributed by atoms with van der Waals surface area (Å²) in [5, 5.41) is 10.3. The largest absolute Gasteiger partial charge is 0.493 e. The highest BCUT2D eigenvalue weighted by Gasteiger charge is 2.16. The average molecular weight is 395 g/mol. The first-order valence-electron chi connectivity index (χ1n) is 8.81. The minimum Gasteiger partial charge on any atom is -0.493 e. The summed E-state index contributed by atoms with van der Waals surface area (Å²) >= 11 is 1.45. The topological polar surface area (TPSA) is 88.0 Å². The summed E-state index contributed by atoms with van der Waals surface area (Å²) in [6.07, 6.45) is 1.58. The summed E-state index contributed by atoms with van der Waals surface area (Å²) in [5.41, 5.74) is 1.59. The molecule has 0 amide bonds. The molecule has 0 aliphatic carbocycles. The monoisotopic (exact) mass is 395 g/mol. The van der Waals surface area contributed by atoms with Crippen LogP contribution in [0.15, 0.2) is 23.0 Å². The van der Waals surface area contributed by atoms with Crippen molar-refractivity contribution in [2.45, 2.75) is 33.8 Å². The minimum absolute atomic E-state index is 0.0691. The molecule has 0 saturated carbocycles. The molecule has 0 aliphatic rings. The van der Waals surface area contributed by atoms with E-state index in [2.05, 4.69) is 16.0 Å². The number of para-hydroxylation sites is 1. The first kappa shape index (κ1) is 19.6. The number of aromatic nitrogens is 2. The van der Waals surface area contributed by atoms with Gasteiger partial charge < -0.3 is 14.5 Å². The van der Waals surface area contributed by atoms with Crippen molar-refractivity contribution in [1.29, 1.82) is 5.26 Å². The van der Waals surface area contributed by atoms with Crippen LogP contribution in [0.1, 0.15) is 35.7 Å². The Morgan fingerprint density at radius 3 is 2.75 bits per heavy atom. The fourth-order valence-electron chi connectivity index (χ4n) is 2.86. The van der Waals surface area contributed by atoms with Gasteiger partial charge in [0.05, 0.1) is 24.2 Å². The molecule has 3 rings (SSSR count). The molecular formula is C21H21N3O3S. The molecule has 2 aromatic heterocycles. The van der Waals surface area contributed by atoms with Gasteiger partial charge in [-0.3, -0.25) is 4.79 Å². The molecule has 0 radical (unpaired) electrons. The van der Waals surface area contributed by atoms with Crippen LogP contribution in [-0.4, -0.2) is 23.2 Å². The van der Waals surface area contributed by atoms with Gasteiger partial charge in [-0.1, -0.05) is 12.1 Å². The van der Waals surface area contributed by atoms with Crippen molar-refractivity contribution in [3.8, 4) is 17.6 Å². The van der Waals surface area contributed by atoms with E-state index in [0.29, 0.717) is 27.3 Å². The lowest BCUT2D eigenvalue weighted by molar-refractivity contribution is 0.229. The molecule has 144 valence electrons. The molecule has 2 heterocycles. The van der Waals surface area contributed by atoms with Gasteiger partial charge in [-0.25, -0.2) is 4.98 Å². The molecule has 1 N–H and O–H groups in total. The zero-order valence-electron chi connectivity index (χ0n) is 16.4. The first-order chi connectivity index (χ1) is 13.3. The molecule has 0 unspecified atom stereocenters. The maximum Gasteiger partial charge on any atom is 0.260 e. The first-order valence-corrected chi connectivity index (χ1v) is 9.63. The smallest absolute Gasteiger partial charge is 0.260 e. The van der Waals surface area contributed by atoms with Crippen LogP contribution in [0.2, 0.25) is 0 Å². The number of nitrogens with one attached hydrogen (secondary N) is 1. The lowest BCUT2D eigenvalue weighted by Gasteiger charge is -2.16. The number of aromatic amines is 1. The summed E-state index contributed by atoms with van der Waals surface area (Å²) in [5.74, 6) is 1.35. The molecule has 0 bridgehead atoms. The zero-order valence-corrected chi connectivity index (χ0v) is 17.2. The Balaban J connectivity index is 2.18. The minimum atomic E-state index is -0.243. The number of benzene rings is 1. The van der Waals surface area contributed by atoms with E-state index in [1.807, 2.05) is 39.8 Å². The Hall–Kier alpha value is -3.11. The van der Waals surface area contributed by atoms with Crippen LogP contribution in [-0.2, 0) is 0 Å². The molecule has 0 saturated heterocycles. The molecule has 7 heteroatoms. The van der Waals surface area contributed by atoms with Crippen LogP contribution in [0.3, 0.4) is 0 Å². The SMILES string of the molecule is COc1cccc(/C=C(\C#N)c2nc3sc(C)c(C)c3c(=O)[nH]2)c1OC(C)C. The standard InChI is InChI=1S/C21H21N3O3S/c1-11(2)27-18-14(7-6-8-16(18)26-5)9-15(10-22)19-23-20(25)17-12(3)13(4)28-21(17)24-19/h6-9,11H,1-5H3,(H,23,24,25)/b15-9+. The molecule has 0 spiro atoms. The van der Waals surface area contributed by atoms with Crippen molar-refractivity contribution >= 4 is 33.2 Å². The molecule has 0 fully saturated rings. The molecule has 1 aromatic carbocycles. The number of hydrogen-bond donors (Lipinski definition) is 1. The third-order valence-electron chi connectivity index (χ3n) is 4.30. The summed E-state index contributed by atoms with van der Waals surface area (Å²) < 4.78 is 11.3. The summed E-state index contributed by atoms with van der Waals surface area (Å²) in [4.78, 5) is 21.5. The van der Waals surface area contributed by atoms with E-state index in [0.717, 1.165) is 10.4 Å². The number of nitrogens with zero attached hydrogens (tertiary/aromatic N) is 2. The lowest BCUT2D eigenvalue weighted by Crippen LogP contribution is -2.11. The normalized spacial score (nSPS) is 11.7. The van der Waals surface area contributed by atoms with Gasteiger partial charge in [0.15, 0.2) is 17.3 Å². The van der Waals surface area contributed by atoms with Crippen LogP contribution in [0.25, 0.3) is 21.9 Å². The van der Waals surface area contributed by atoms with Gasteiger partial charge in [-0.2, -0.15) is 5.26 Å². The Morgan fingerprint density at radius 1 is 1.36 bits per heavy atom. The maximum absolute atomic E-state index is 12.5. The quantitative estimate of drug-likeness (QED) is 0.644. The summed E-state index contributed by atoms with van der Waals surface area (Å²) in [6, 6.07) is 7.58. The van der Waals surface area contributed by atoms with E-state index in [4.69, 9.17) is 9.47 Å². The number of hydrogen-bond acceptors (Lipinski definition) is 6. The number of aryl methyl sites for hydroxylation is 2. The predicted octanol–water partition coefficient (Wildman–Crippen LogP) is 4.46. The molecule has 28 heavy (non-hydrogen) atoms. The van der Waals surface area contributed by atoms with E-state index in [1.54, 1.807) is 19.3 Å². The summed E-state index contributed by atoms with van der Waals surface area (Å²) in [6.45, 7) is 7.68. The van der Waals surface area contributed by atoms with Crippen molar-refractivity contribution in [2.75, 3.05) is 7.11 Å².